The number of aromatic nitrogens is 3. The molecule has 0 atom stereocenters. The molecule has 2 amide bonds. The quantitative estimate of drug-likeness (QED) is 0.597. The number of fused-ring (bicyclic) bond motifs is 1. The van der Waals surface area contributed by atoms with Crippen molar-refractivity contribution in [3.63, 3.8) is 0 Å². The van der Waals surface area contributed by atoms with Gasteiger partial charge in [0.1, 0.15) is 0 Å². The Hall–Kier alpha value is -2.74. The topological polar surface area (TPSA) is 88.9 Å². The molecule has 3 aromatic heterocycles. The van der Waals surface area contributed by atoms with E-state index in [1.807, 2.05) is 56.0 Å². The standard InChI is InChI=1S/C20H25N5O2S/c1-12(2)19(26)21-7-8-22-20(27)14-10-16(17-6-5-9-28-17)24-18-15(14)11-23-25(18)13(3)4/h5-6,9-13H,7-8H2,1-4H3,(H,21,26)(H,22,27). The molecule has 2 N–H and O–H groups in total. The molecule has 3 rings (SSSR count). The molecule has 8 heteroatoms. The van der Waals surface area contributed by atoms with Gasteiger partial charge in [0.15, 0.2) is 5.65 Å². The minimum atomic E-state index is -0.202. The third-order valence-corrected chi connectivity index (χ3v) is 5.20. The molecule has 0 unspecified atom stereocenters. The number of pyridine rings is 1. The summed E-state index contributed by atoms with van der Waals surface area (Å²) in [6.45, 7) is 8.47. The zero-order valence-corrected chi connectivity index (χ0v) is 17.3. The van der Waals surface area contributed by atoms with Crippen LogP contribution >= 0.6 is 11.3 Å². The molecule has 0 saturated heterocycles. The van der Waals surface area contributed by atoms with E-state index in [1.54, 1.807) is 17.5 Å². The lowest BCUT2D eigenvalue weighted by atomic mass is 10.1. The van der Waals surface area contributed by atoms with Gasteiger partial charge in [-0.05, 0) is 31.4 Å². The number of nitrogens with zero attached hydrogens (tertiary/aromatic N) is 3. The van der Waals surface area contributed by atoms with E-state index in [2.05, 4.69) is 15.7 Å². The van der Waals surface area contributed by atoms with Crippen molar-refractivity contribution in [3.05, 3.63) is 35.3 Å². The second kappa shape index (κ2) is 8.52. The molecule has 7 nitrogen and oxygen atoms in total. The zero-order valence-electron chi connectivity index (χ0n) is 16.5. The maximum absolute atomic E-state index is 12.9. The summed E-state index contributed by atoms with van der Waals surface area (Å²) in [4.78, 5) is 30.2. The lowest BCUT2D eigenvalue weighted by Crippen LogP contribution is -2.36. The lowest BCUT2D eigenvalue weighted by molar-refractivity contribution is -0.123. The van der Waals surface area contributed by atoms with E-state index in [-0.39, 0.29) is 23.8 Å². The van der Waals surface area contributed by atoms with E-state index in [4.69, 9.17) is 4.98 Å². The first kappa shape index (κ1) is 20.0. The average molecular weight is 400 g/mol. The molecule has 0 saturated carbocycles. The van der Waals surface area contributed by atoms with Crippen molar-refractivity contribution in [2.45, 2.75) is 33.7 Å². The van der Waals surface area contributed by atoms with E-state index in [0.29, 0.717) is 24.3 Å². The average Bonchev–Trinajstić information content (AvgIpc) is 3.33. The maximum atomic E-state index is 12.9. The summed E-state index contributed by atoms with van der Waals surface area (Å²) in [7, 11) is 0. The number of thiophene rings is 1. The van der Waals surface area contributed by atoms with Gasteiger partial charge in [-0.25, -0.2) is 9.67 Å². The van der Waals surface area contributed by atoms with Crippen LogP contribution in [0.15, 0.2) is 29.8 Å². The monoisotopic (exact) mass is 399 g/mol. The fourth-order valence-corrected chi connectivity index (χ4v) is 3.48. The van der Waals surface area contributed by atoms with Crippen molar-refractivity contribution in [1.29, 1.82) is 0 Å². The summed E-state index contributed by atoms with van der Waals surface area (Å²) in [6, 6.07) is 5.88. The Labute approximate surface area is 168 Å². The van der Waals surface area contributed by atoms with E-state index in [1.165, 1.54) is 0 Å². The van der Waals surface area contributed by atoms with Crippen LogP contribution in [0.25, 0.3) is 21.6 Å². The van der Waals surface area contributed by atoms with Crippen LogP contribution in [0.4, 0.5) is 0 Å². The predicted molar refractivity (Wildman–Crippen MR) is 111 cm³/mol. The molecule has 148 valence electrons. The number of carbonyl (C=O) groups is 2. The number of rotatable bonds is 7. The number of hydrogen-bond donors (Lipinski definition) is 2. The first-order valence-electron chi connectivity index (χ1n) is 9.36. The Morgan fingerprint density at radius 1 is 1.18 bits per heavy atom. The predicted octanol–water partition coefficient (Wildman–Crippen LogP) is 3.24. The Kier molecular flexibility index (Phi) is 6.08. The van der Waals surface area contributed by atoms with E-state index in [0.717, 1.165) is 16.0 Å². The largest absolute Gasteiger partial charge is 0.354 e. The molecule has 0 radical (unpaired) electrons. The summed E-state index contributed by atoms with van der Waals surface area (Å²) >= 11 is 1.58. The second-order valence-corrected chi connectivity index (χ2v) is 8.10. The molecule has 0 aromatic carbocycles. The van der Waals surface area contributed by atoms with Crippen LogP contribution in [-0.4, -0.2) is 39.7 Å². The SMILES string of the molecule is CC(C)C(=O)NCCNC(=O)c1cc(-c2cccs2)nc2c1cnn2C(C)C. The highest BCUT2D eigenvalue weighted by Gasteiger charge is 2.18. The highest BCUT2D eigenvalue weighted by Crippen LogP contribution is 2.28. The van der Waals surface area contributed by atoms with Gasteiger partial charge >= 0.3 is 0 Å². The highest BCUT2D eigenvalue weighted by atomic mass is 32.1. The van der Waals surface area contributed by atoms with Crippen molar-refractivity contribution in [1.82, 2.24) is 25.4 Å². The van der Waals surface area contributed by atoms with E-state index < -0.39 is 0 Å². The van der Waals surface area contributed by atoms with Crippen molar-refractivity contribution in [2.24, 2.45) is 5.92 Å². The molecule has 3 heterocycles. The Balaban J connectivity index is 1.87. The van der Waals surface area contributed by atoms with Crippen LogP contribution in [0, 0.1) is 5.92 Å². The molecule has 0 spiro atoms. The Morgan fingerprint density at radius 3 is 2.57 bits per heavy atom. The highest BCUT2D eigenvalue weighted by molar-refractivity contribution is 7.13. The molecule has 28 heavy (non-hydrogen) atoms. The molecular weight excluding hydrogens is 374 g/mol. The number of amides is 2. The van der Waals surface area contributed by atoms with Crippen molar-refractivity contribution >= 4 is 34.2 Å². The summed E-state index contributed by atoms with van der Waals surface area (Å²) in [5.41, 5.74) is 1.98. The van der Waals surface area contributed by atoms with Crippen molar-refractivity contribution in [2.75, 3.05) is 13.1 Å². The fraction of sp³-hybridized carbons (Fsp3) is 0.400. The minimum Gasteiger partial charge on any atom is -0.354 e. The molecule has 0 aliphatic carbocycles. The number of nitrogens with one attached hydrogen (secondary N) is 2. The van der Waals surface area contributed by atoms with Crippen LogP contribution in [-0.2, 0) is 4.79 Å². The lowest BCUT2D eigenvalue weighted by Gasteiger charge is -2.11. The van der Waals surface area contributed by atoms with Crippen LogP contribution in [0.1, 0.15) is 44.1 Å². The molecule has 0 aliphatic heterocycles. The first-order valence-corrected chi connectivity index (χ1v) is 10.2. The van der Waals surface area contributed by atoms with Gasteiger partial charge in [0.2, 0.25) is 5.91 Å². The Morgan fingerprint density at radius 2 is 1.93 bits per heavy atom. The van der Waals surface area contributed by atoms with Gasteiger partial charge in [0.05, 0.1) is 27.7 Å². The normalized spacial score (nSPS) is 11.4. The van der Waals surface area contributed by atoms with Gasteiger partial charge < -0.3 is 10.6 Å². The molecular formula is C20H25N5O2S. The molecule has 0 aliphatic rings. The van der Waals surface area contributed by atoms with Crippen molar-refractivity contribution in [3.8, 4) is 10.6 Å². The fourth-order valence-electron chi connectivity index (χ4n) is 2.80. The third-order valence-electron chi connectivity index (χ3n) is 4.31. The van der Waals surface area contributed by atoms with Gasteiger partial charge in [0.25, 0.3) is 5.91 Å². The maximum Gasteiger partial charge on any atom is 0.252 e. The molecule has 0 bridgehead atoms. The smallest absolute Gasteiger partial charge is 0.252 e. The summed E-state index contributed by atoms with van der Waals surface area (Å²) in [5, 5.41) is 12.8. The van der Waals surface area contributed by atoms with E-state index in [9.17, 15) is 9.59 Å². The summed E-state index contributed by atoms with van der Waals surface area (Å²) in [6.07, 6.45) is 1.69. The Bertz CT molecular complexity index is 976. The van der Waals surface area contributed by atoms with Crippen LogP contribution in [0.5, 0.6) is 0 Å². The zero-order chi connectivity index (χ0) is 20.3. The molecule has 0 fully saturated rings. The summed E-state index contributed by atoms with van der Waals surface area (Å²) in [5.74, 6) is -0.309. The second-order valence-electron chi connectivity index (χ2n) is 7.15. The van der Waals surface area contributed by atoms with Gasteiger partial charge in [-0.3, -0.25) is 9.59 Å². The van der Waals surface area contributed by atoms with Crippen LogP contribution in [0.3, 0.4) is 0 Å². The van der Waals surface area contributed by atoms with Crippen LogP contribution in [0.2, 0.25) is 0 Å². The van der Waals surface area contributed by atoms with Gasteiger partial charge in [-0.15, -0.1) is 11.3 Å². The van der Waals surface area contributed by atoms with Gasteiger partial charge in [-0.2, -0.15) is 5.10 Å². The third kappa shape index (κ3) is 4.22. The van der Waals surface area contributed by atoms with E-state index >= 15 is 0 Å². The number of carbonyl (C=O) groups excluding carboxylic acids is 2. The van der Waals surface area contributed by atoms with Crippen LogP contribution < -0.4 is 10.6 Å². The molecule has 3 aromatic rings. The minimum absolute atomic E-state index is 0.0289. The number of hydrogen-bond acceptors (Lipinski definition) is 5. The first-order chi connectivity index (χ1) is 13.4. The van der Waals surface area contributed by atoms with Crippen molar-refractivity contribution < 1.29 is 9.59 Å². The van der Waals surface area contributed by atoms with Gasteiger partial charge in [-0.1, -0.05) is 19.9 Å². The summed E-state index contributed by atoms with van der Waals surface area (Å²) < 4.78 is 1.83. The van der Waals surface area contributed by atoms with Gasteiger partial charge in [0, 0.05) is 25.0 Å².